The van der Waals surface area contributed by atoms with Gasteiger partial charge in [-0.1, -0.05) is 26.1 Å². The van der Waals surface area contributed by atoms with Crippen molar-refractivity contribution in [2.24, 2.45) is 11.1 Å². The summed E-state index contributed by atoms with van der Waals surface area (Å²) in [6.07, 6.45) is -3.84. The van der Waals surface area contributed by atoms with Gasteiger partial charge in [-0.3, -0.25) is 4.79 Å². The number of hydrogen-bond donors (Lipinski definition) is 1. The minimum Gasteiger partial charge on any atom is -0.392 e. The number of nitrogens with two attached hydrogens (primary N) is 1. The molecule has 3 nitrogen and oxygen atoms in total. The lowest BCUT2D eigenvalue weighted by molar-refractivity contribution is -0.162. The zero-order valence-electron chi connectivity index (χ0n) is 10.1. The minimum absolute atomic E-state index is 0.0541. The van der Waals surface area contributed by atoms with Crippen LogP contribution in [0.1, 0.15) is 26.7 Å². The number of carbonyl (C=O) groups excluding carboxylic acids is 1. The van der Waals surface area contributed by atoms with Crippen LogP contribution in [0.4, 0.5) is 13.2 Å². The predicted octanol–water partition coefficient (Wildman–Crippen LogP) is 2.10. The summed E-state index contributed by atoms with van der Waals surface area (Å²) in [5.41, 5.74) is 4.33. The summed E-state index contributed by atoms with van der Waals surface area (Å²) in [5, 5.41) is 0. The summed E-state index contributed by atoms with van der Waals surface area (Å²) < 4.78 is 36.6. The van der Waals surface area contributed by atoms with Crippen molar-refractivity contribution in [2.75, 3.05) is 13.6 Å². The van der Waals surface area contributed by atoms with Crippen molar-refractivity contribution in [2.45, 2.75) is 32.9 Å². The molecule has 0 spiro atoms. The average molecular weight is 270 g/mol. The minimum atomic E-state index is -4.42. The highest BCUT2D eigenvalue weighted by atomic mass is 32.1. The van der Waals surface area contributed by atoms with E-state index in [1.54, 1.807) is 13.8 Å². The van der Waals surface area contributed by atoms with Crippen molar-refractivity contribution in [3.05, 3.63) is 0 Å². The molecule has 0 aromatic carbocycles. The van der Waals surface area contributed by atoms with Crippen LogP contribution in [0.5, 0.6) is 0 Å². The topological polar surface area (TPSA) is 46.3 Å². The molecule has 7 heteroatoms. The second-order valence-corrected chi connectivity index (χ2v) is 4.37. The summed E-state index contributed by atoms with van der Waals surface area (Å²) in [6.45, 7) is 2.07. The number of amides is 1. The number of alkyl halides is 3. The first-order valence-corrected chi connectivity index (χ1v) is 5.63. The molecule has 0 saturated heterocycles. The van der Waals surface area contributed by atoms with E-state index in [1.165, 1.54) is 0 Å². The van der Waals surface area contributed by atoms with Crippen LogP contribution >= 0.6 is 12.2 Å². The molecule has 0 aliphatic carbocycles. The van der Waals surface area contributed by atoms with Crippen LogP contribution in [0, 0.1) is 5.41 Å². The Morgan fingerprint density at radius 1 is 1.29 bits per heavy atom. The van der Waals surface area contributed by atoms with Crippen LogP contribution in [0.15, 0.2) is 0 Å². The average Bonchev–Trinajstić information content (AvgIpc) is 2.17. The molecule has 0 fully saturated rings. The molecule has 0 aliphatic heterocycles. The zero-order chi connectivity index (χ0) is 13.9. The number of thiocarbonyl (C=S) groups is 1. The summed E-state index contributed by atoms with van der Waals surface area (Å²) in [5.74, 6) is -0.674. The molecule has 0 radical (unpaired) electrons. The van der Waals surface area contributed by atoms with Crippen molar-refractivity contribution in [3.63, 3.8) is 0 Å². The summed E-state index contributed by atoms with van der Waals surface area (Å²) in [4.78, 5) is 12.6. The van der Waals surface area contributed by atoms with Gasteiger partial charge in [0.1, 0.15) is 6.54 Å². The standard InChI is InChI=1S/C10H17F3N2OS/c1-4-9(5-2,7(14)17)8(16)15(3)6-10(11,12)13/h4-6H2,1-3H3,(H2,14,17). The highest BCUT2D eigenvalue weighted by molar-refractivity contribution is 7.80. The van der Waals surface area contributed by atoms with Gasteiger partial charge in [0.05, 0.1) is 10.4 Å². The van der Waals surface area contributed by atoms with Crippen molar-refractivity contribution < 1.29 is 18.0 Å². The molecule has 100 valence electrons. The highest BCUT2D eigenvalue weighted by Gasteiger charge is 2.42. The van der Waals surface area contributed by atoms with Gasteiger partial charge in [-0.2, -0.15) is 13.2 Å². The van der Waals surface area contributed by atoms with Crippen molar-refractivity contribution in [3.8, 4) is 0 Å². The molecule has 0 unspecified atom stereocenters. The second kappa shape index (κ2) is 5.66. The summed E-state index contributed by atoms with van der Waals surface area (Å²) in [6, 6.07) is 0. The Hall–Kier alpha value is -0.850. The Morgan fingerprint density at radius 2 is 1.71 bits per heavy atom. The number of hydrogen-bond acceptors (Lipinski definition) is 2. The third kappa shape index (κ3) is 3.83. The zero-order valence-corrected chi connectivity index (χ0v) is 10.9. The Morgan fingerprint density at radius 3 is 1.94 bits per heavy atom. The number of carbonyl (C=O) groups is 1. The fraction of sp³-hybridized carbons (Fsp3) is 0.800. The van der Waals surface area contributed by atoms with Gasteiger partial charge in [0.25, 0.3) is 0 Å². The van der Waals surface area contributed by atoms with Crippen LogP contribution < -0.4 is 5.73 Å². The SMILES string of the molecule is CCC(CC)(C(=O)N(C)CC(F)(F)F)C(N)=S. The molecule has 0 aromatic rings. The lowest BCUT2D eigenvalue weighted by atomic mass is 9.81. The van der Waals surface area contributed by atoms with Gasteiger partial charge in [0, 0.05) is 7.05 Å². The van der Waals surface area contributed by atoms with Gasteiger partial charge >= 0.3 is 6.18 Å². The first kappa shape index (κ1) is 16.1. The molecular weight excluding hydrogens is 253 g/mol. The fourth-order valence-corrected chi connectivity index (χ4v) is 2.09. The van der Waals surface area contributed by atoms with Crippen LogP contribution in [-0.4, -0.2) is 35.6 Å². The molecule has 0 bridgehead atoms. The third-order valence-electron chi connectivity index (χ3n) is 2.85. The Labute approximate surface area is 104 Å². The normalized spacial score (nSPS) is 12.4. The van der Waals surface area contributed by atoms with Gasteiger partial charge in [0.15, 0.2) is 0 Å². The molecule has 0 aromatic heterocycles. The van der Waals surface area contributed by atoms with Gasteiger partial charge < -0.3 is 10.6 Å². The smallest absolute Gasteiger partial charge is 0.392 e. The van der Waals surface area contributed by atoms with Crippen LogP contribution in [0.2, 0.25) is 0 Å². The maximum absolute atomic E-state index is 12.2. The first-order chi connectivity index (χ1) is 7.60. The van der Waals surface area contributed by atoms with E-state index in [2.05, 4.69) is 0 Å². The Bertz CT molecular complexity index is 300. The van der Waals surface area contributed by atoms with E-state index >= 15 is 0 Å². The maximum Gasteiger partial charge on any atom is 0.406 e. The van der Waals surface area contributed by atoms with Crippen molar-refractivity contribution >= 4 is 23.1 Å². The maximum atomic E-state index is 12.2. The monoisotopic (exact) mass is 270 g/mol. The first-order valence-electron chi connectivity index (χ1n) is 5.23. The number of nitrogens with zero attached hydrogens (tertiary/aromatic N) is 1. The van der Waals surface area contributed by atoms with E-state index in [4.69, 9.17) is 18.0 Å². The van der Waals surface area contributed by atoms with E-state index in [-0.39, 0.29) is 4.99 Å². The number of rotatable bonds is 5. The van der Waals surface area contributed by atoms with E-state index in [1.807, 2.05) is 0 Å². The Kier molecular flexibility index (Phi) is 5.38. The van der Waals surface area contributed by atoms with Gasteiger partial charge in [-0.05, 0) is 12.8 Å². The molecule has 0 heterocycles. The van der Waals surface area contributed by atoms with Crippen molar-refractivity contribution in [1.82, 2.24) is 4.90 Å². The lowest BCUT2D eigenvalue weighted by Crippen LogP contribution is -2.50. The molecule has 0 atom stereocenters. The molecule has 17 heavy (non-hydrogen) atoms. The lowest BCUT2D eigenvalue weighted by Gasteiger charge is -2.33. The molecule has 1 amide bonds. The largest absolute Gasteiger partial charge is 0.406 e. The quantitative estimate of drug-likeness (QED) is 0.778. The van der Waals surface area contributed by atoms with Crippen LogP contribution in [0.25, 0.3) is 0 Å². The van der Waals surface area contributed by atoms with E-state index in [9.17, 15) is 18.0 Å². The second-order valence-electron chi connectivity index (χ2n) is 3.93. The summed E-state index contributed by atoms with van der Waals surface area (Å²) >= 11 is 4.81. The van der Waals surface area contributed by atoms with Gasteiger partial charge in [-0.15, -0.1) is 0 Å². The molecule has 2 N–H and O–H groups in total. The highest BCUT2D eigenvalue weighted by Crippen LogP contribution is 2.30. The third-order valence-corrected chi connectivity index (χ3v) is 3.24. The van der Waals surface area contributed by atoms with Gasteiger partial charge in [0.2, 0.25) is 5.91 Å². The van der Waals surface area contributed by atoms with Gasteiger partial charge in [-0.25, -0.2) is 0 Å². The molecule has 0 saturated carbocycles. The molecular formula is C10H17F3N2OS. The number of halogens is 3. The van der Waals surface area contributed by atoms with Crippen molar-refractivity contribution in [1.29, 1.82) is 0 Å². The predicted molar refractivity (Wildman–Crippen MR) is 63.5 cm³/mol. The summed E-state index contributed by atoms with van der Waals surface area (Å²) in [7, 11) is 1.11. The van der Waals surface area contributed by atoms with E-state index in [0.29, 0.717) is 17.7 Å². The van der Waals surface area contributed by atoms with Crippen LogP contribution in [-0.2, 0) is 4.79 Å². The van der Waals surface area contributed by atoms with E-state index in [0.717, 1.165) is 7.05 Å². The van der Waals surface area contributed by atoms with E-state index < -0.39 is 24.0 Å². The molecule has 0 aliphatic rings. The fourth-order valence-electron chi connectivity index (χ4n) is 1.71. The van der Waals surface area contributed by atoms with Crippen LogP contribution in [0.3, 0.4) is 0 Å². The Balaban J connectivity index is 5.04. The molecule has 0 rings (SSSR count).